The molecule has 1 amide bonds. The van der Waals surface area contributed by atoms with Gasteiger partial charge in [0.2, 0.25) is 5.91 Å². The Bertz CT molecular complexity index is 1180. The van der Waals surface area contributed by atoms with Crippen LogP contribution in [0.25, 0.3) is 0 Å². The molecule has 0 aromatic heterocycles. The molecular weight excluding hydrogens is 474 g/mol. The monoisotopic (exact) mass is 513 g/mol. The summed E-state index contributed by atoms with van der Waals surface area (Å²) in [6.07, 6.45) is 1.00. The molecule has 1 unspecified atom stereocenters. The van der Waals surface area contributed by atoms with Gasteiger partial charge in [0.15, 0.2) is 0 Å². The third-order valence-corrected chi connectivity index (χ3v) is 8.38. The number of nitrogens with zero attached hydrogens (tertiary/aromatic N) is 2. The number of fused-ring (bicyclic) bond motifs is 3. The third-order valence-electron chi connectivity index (χ3n) is 8.38. The first-order valence-corrected chi connectivity index (χ1v) is 13.5. The van der Waals surface area contributed by atoms with Crippen molar-refractivity contribution in [2.75, 3.05) is 41.4 Å². The summed E-state index contributed by atoms with van der Waals surface area (Å²) in [5.74, 6) is 2.26. The highest BCUT2D eigenvalue weighted by atomic mass is 16.5. The molecule has 0 radical (unpaired) electrons. The number of carbonyl (C=O) groups excluding carboxylic acids is 1. The van der Waals surface area contributed by atoms with Gasteiger partial charge < -0.3 is 19.7 Å². The van der Waals surface area contributed by atoms with Crippen LogP contribution in [0.5, 0.6) is 11.5 Å². The van der Waals surface area contributed by atoms with E-state index in [2.05, 4.69) is 70.9 Å². The zero-order valence-electron chi connectivity index (χ0n) is 22.8. The molecule has 3 heterocycles. The van der Waals surface area contributed by atoms with E-state index in [1.807, 2.05) is 32.3 Å². The zero-order valence-corrected chi connectivity index (χ0v) is 22.8. The molecule has 0 aliphatic carbocycles. The van der Waals surface area contributed by atoms with Crippen LogP contribution in [0, 0.1) is 11.8 Å². The molecule has 38 heavy (non-hydrogen) atoms. The number of ether oxygens (including phenoxy) is 2. The van der Waals surface area contributed by atoms with Crippen molar-refractivity contribution < 1.29 is 14.3 Å². The van der Waals surface area contributed by atoms with Crippen molar-refractivity contribution in [3.8, 4) is 11.5 Å². The van der Waals surface area contributed by atoms with Gasteiger partial charge in [0.05, 0.1) is 20.1 Å². The molecule has 5 atom stereocenters. The van der Waals surface area contributed by atoms with Crippen LogP contribution in [-0.4, -0.2) is 69.2 Å². The Labute approximate surface area is 226 Å². The summed E-state index contributed by atoms with van der Waals surface area (Å²) in [6, 6.07) is 27.9. The molecule has 3 aromatic carbocycles. The number of carbonyl (C=O) groups is 1. The maximum absolute atomic E-state index is 13.3. The van der Waals surface area contributed by atoms with Crippen LogP contribution < -0.4 is 14.8 Å². The van der Waals surface area contributed by atoms with Gasteiger partial charge in [-0.1, -0.05) is 60.7 Å². The number of amides is 1. The number of benzene rings is 3. The molecule has 0 saturated carbocycles. The second-order valence-electron chi connectivity index (χ2n) is 10.7. The highest BCUT2D eigenvalue weighted by Crippen LogP contribution is 2.45. The van der Waals surface area contributed by atoms with Crippen LogP contribution >= 0.6 is 0 Å². The van der Waals surface area contributed by atoms with Crippen LogP contribution in [0.15, 0.2) is 78.9 Å². The fourth-order valence-electron chi connectivity index (χ4n) is 6.62. The third kappa shape index (κ3) is 5.16. The van der Waals surface area contributed by atoms with E-state index < -0.39 is 0 Å². The average Bonchev–Trinajstić information content (AvgIpc) is 2.97. The van der Waals surface area contributed by atoms with Crippen molar-refractivity contribution in [1.82, 2.24) is 15.1 Å². The second-order valence-corrected chi connectivity index (χ2v) is 10.7. The van der Waals surface area contributed by atoms with Gasteiger partial charge in [-0.15, -0.1) is 0 Å². The van der Waals surface area contributed by atoms with Gasteiger partial charge in [-0.2, -0.15) is 0 Å². The normalized spacial score (nSPS) is 24.3. The minimum absolute atomic E-state index is 0.0214. The van der Waals surface area contributed by atoms with Crippen LogP contribution in [0.2, 0.25) is 0 Å². The van der Waals surface area contributed by atoms with E-state index in [-0.39, 0.29) is 35.7 Å². The quantitative estimate of drug-likeness (QED) is 0.460. The van der Waals surface area contributed by atoms with E-state index in [0.717, 1.165) is 36.6 Å². The number of methoxy groups -OCH3 is 2. The SMILES string of the molecule is COc1ccc(OC)c(CN[C@H]2[C@H]3CCN(C[C@@H]3C(=O)N(C)C)[C@H]2C(c2ccccc2)c2ccccc2)c1. The van der Waals surface area contributed by atoms with E-state index in [0.29, 0.717) is 6.54 Å². The lowest BCUT2D eigenvalue weighted by atomic mass is 9.66. The molecule has 2 bridgehead atoms. The summed E-state index contributed by atoms with van der Waals surface area (Å²) in [6.45, 7) is 2.43. The molecule has 3 aromatic rings. The van der Waals surface area contributed by atoms with Crippen molar-refractivity contribution in [2.24, 2.45) is 11.8 Å². The Morgan fingerprint density at radius 1 is 0.974 bits per heavy atom. The smallest absolute Gasteiger partial charge is 0.226 e. The molecule has 3 aliphatic rings. The molecular formula is C32H39N3O3. The van der Waals surface area contributed by atoms with Crippen LogP contribution in [0.4, 0.5) is 0 Å². The molecule has 6 nitrogen and oxygen atoms in total. The minimum atomic E-state index is -0.0214. The second kappa shape index (κ2) is 11.6. The van der Waals surface area contributed by atoms with Crippen LogP contribution in [0.3, 0.4) is 0 Å². The van der Waals surface area contributed by atoms with Crippen LogP contribution in [0.1, 0.15) is 29.0 Å². The number of nitrogens with one attached hydrogen (secondary N) is 1. The molecule has 200 valence electrons. The fraction of sp³-hybridized carbons (Fsp3) is 0.406. The summed E-state index contributed by atoms with van der Waals surface area (Å²) in [5, 5.41) is 3.94. The van der Waals surface area contributed by atoms with Crippen LogP contribution in [-0.2, 0) is 11.3 Å². The molecule has 3 saturated heterocycles. The Hall–Kier alpha value is -3.35. The summed E-state index contributed by atoms with van der Waals surface area (Å²) < 4.78 is 11.2. The fourth-order valence-corrected chi connectivity index (χ4v) is 6.62. The van der Waals surface area contributed by atoms with Crippen molar-refractivity contribution in [3.63, 3.8) is 0 Å². The Kier molecular flexibility index (Phi) is 8.01. The number of rotatable bonds is 9. The van der Waals surface area contributed by atoms with Gasteiger partial charge >= 0.3 is 0 Å². The van der Waals surface area contributed by atoms with Crippen molar-refractivity contribution >= 4 is 5.91 Å². The van der Waals surface area contributed by atoms with E-state index in [9.17, 15) is 4.79 Å². The zero-order chi connectivity index (χ0) is 26.6. The summed E-state index contributed by atoms with van der Waals surface area (Å²) in [4.78, 5) is 17.7. The molecule has 0 spiro atoms. The molecule has 6 heteroatoms. The van der Waals surface area contributed by atoms with Gasteiger partial charge in [-0.25, -0.2) is 0 Å². The van der Waals surface area contributed by atoms with Gasteiger partial charge in [-0.05, 0) is 48.2 Å². The van der Waals surface area contributed by atoms with Gasteiger partial charge in [0, 0.05) is 50.7 Å². The number of hydrogen-bond acceptors (Lipinski definition) is 5. The van der Waals surface area contributed by atoms with E-state index >= 15 is 0 Å². The maximum Gasteiger partial charge on any atom is 0.226 e. The Morgan fingerprint density at radius 3 is 2.21 bits per heavy atom. The number of hydrogen-bond donors (Lipinski definition) is 1. The van der Waals surface area contributed by atoms with Crippen molar-refractivity contribution in [1.29, 1.82) is 0 Å². The average molecular weight is 514 g/mol. The van der Waals surface area contributed by atoms with Gasteiger partial charge in [0.25, 0.3) is 0 Å². The van der Waals surface area contributed by atoms with Gasteiger partial charge in [-0.3, -0.25) is 9.69 Å². The summed E-state index contributed by atoms with van der Waals surface area (Å²) in [5.41, 5.74) is 3.66. The topological polar surface area (TPSA) is 54.0 Å². The summed E-state index contributed by atoms with van der Waals surface area (Å²) >= 11 is 0. The first-order chi connectivity index (χ1) is 18.5. The molecule has 3 aliphatic heterocycles. The largest absolute Gasteiger partial charge is 0.497 e. The lowest BCUT2D eigenvalue weighted by Crippen LogP contribution is -2.69. The maximum atomic E-state index is 13.3. The van der Waals surface area contributed by atoms with E-state index in [1.54, 1.807) is 19.1 Å². The minimum Gasteiger partial charge on any atom is -0.497 e. The predicted octanol–water partition coefficient (Wildman–Crippen LogP) is 4.40. The Balaban J connectivity index is 1.55. The molecule has 3 fully saturated rings. The van der Waals surface area contributed by atoms with Crippen molar-refractivity contribution in [2.45, 2.75) is 31.0 Å². The highest BCUT2D eigenvalue weighted by Gasteiger charge is 2.52. The lowest BCUT2D eigenvalue weighted by Gasteiger charge is -2.57. The number of piperidine rings is 3. The van der Waals surface area contributed by atoms with Gasteiger partial charge in [0.1, 0.15) is 11.5 Å². The van der Waals surface area contributed by atoms with E-state index in [1.165, 1.54) is 11.1 Å². The van der Waals surface area contributed by atoms with E-state index in [4.69, 9.17) is 9.47 Å². The molecule has 1 N–H and O–H groups in total. The summed E-state index contributed by atoms with van der Waals surface area (Å²) in [7, 11) is 7.13. The molecule has 6 rings (SSSR count). The first kappa shape index (κ1) is 26.3. The standard InChI is InChI=1S/C32H39N3O3/c1-34(2)32(36)27-21-35-18-17-26(27)30(33-20-24-19-25(37-3)15-16-28(24)38-4)31(35)29(22-11-7-5-8-12-22)23-13-9-6-10-14-23/h5-16,19,26-27,29-31,33H,17-18,20-21H2,1-4H3/t26-,27-,30-,31-/m0/s1. The highest BCUT2D eigenvalue weighted by molar-refractivity contribution is 5.79. The predicted molar refractivity (Wildman–Crippen MR) is 151 cm³/mol. The van der Waals surface area contributed by atoms with Crippen molar-refractivity contribution in [3.05, 3.63) is 95.6 Å². The first-order valence-electron chi connectivity index (χ1n) is 13.5. The lowest BCUT2D eigenvalue weighted by molar-refractivity contribution is -0.143. The Morgan fingerprint density at radius 2 is 1.63 bits per heavy atom.